The van der Waals surface area contributed by atoms with Crippen LogP contribution in [-0.4, -0.2) is 29.6 Å². The third-order valence-electron chi connectivity index (χ3n) is 3.22. The molecule has 0 saturated carbocycles. The predicted molar refractivity (Wildman–Crippen MR) is 79.0 cm³/mol. The molecule has 0 saturated heterocycles. The normalized spacial score (nSPS) is 10.6. The van der Waals surface area contributed by atoms with Gasteiger partial charge in [0.25, 0.3) is 0 Å². The van der Waals surface area contributed by atoms with Crippen LogP contribution in [0.25, 0.3) is 0 Å². The third-order valence-corrected chi connectivity index (χ3v) is 3.22. The van der Waals surface area contributed by atoms with Crippen LogP contribution >= 0.6 is 0 Å². The Kier molecular flexibility index (Phi) is 5.55. The van der Waals surface area contributed by atoms with Gasteiger partial charge in [-0.2, -0.15) is 0 Å². The largest absolute Gasteiger partial charge is 0.481 e. The summed E-state index contributed by atoms with van der Waals surface area (Å²) >= 11 is 0. The van der Waals surface area contributed by atoms with E-state index in [1.165, 1.54) is 0 Å². The van der Waals surface area contributed by atoms with Crippen LogP contribution in [0.3, 0.4) is 0 Å². The van der Waals surface area contributed by atoms with Gasteiger partial charge in [0.2, 0.25) is 5.91 Å². The summed E-state index contributed by atoms with van der Waals surface area (Å²) in [6.07, 6.45) is 0.742. The van der Waals surface area contributed by atoms with E-state index in [1.807, 2.05) is 19.1 Å². The van der Waals surface area contributed by atoms with E-state index in [2.05, 4.69) is 18.7 Å². The molecule has 0 bridgehead atoms. The molecule has 0 aliphatic carbocycles. The first-order chi connectivity index (χ1) is 9.32. The first-order valence-electron chi connectivity index (χ1n) is 6.71. The Hall–Kier alpha value is -2.04. The van der Waals surface area contributed by atoms with Crippen LogP contribution in [0.15, 0.2) is 18.2 Å². The average Bonchev–Trinajstić information content (AvgIpc) is 2.33. The van der Waals surface area contributed by atoms with Crippen molar-refractivity contribution in [2.45, 2.75) is 39.7 Å². The van der Waals surface area contributed by atoms with E-state index < -0.39 is 11.9 Å². The standard InChI is InChI=1S/C15H22N2O3/c1-10(2)17(8-4-5-14(18)19)12-6-7-13(15(16)20)11(3)9-12/h6-7,9-10H,4-5,8H2,1-3H3,(H2,16,20)(H,18,19). The van der Waals surface area contributed by atoms with Crippen molar-refractivity contribution in [1.29, 1.82) is 0 Å². The lowest BCUT2D eigenvalue weighted by molar-refractivity contribution is -0.137. The molecule has 0 aliphatic heterocycles. The fourth-order valence-corrected chi connectivity index (χ4v) is 2.19. The van der Waals surface area contributed by atoms with E-state index in [4.69, 9.17) is 10.8 Å². The van der Waals surface area contributed by atoms with Gasteiger partial charge in [-0.1, -0.05) is 0 Å². The number of amides is 1. The van der Waals surface area contributed by atoms with Crippen molar-refractivity contribution in [3.8, 4) is 0 Å². The van der Waals surface area contributed by atoms with Gasteiger partial charge in [0, 0.05) is 30.3 Å². The van der Waals surface area contributed by atoms with Crippen LogP contribution in [0.4, 0.5) is 5.69 Å². The summed E-state index contributed by atoms with van der Waals surface area (Å²) in [6.45, 7) is 6.62. The SMILES string of the molecule is Cc1cc(N(CCCC(=O)O)C(C)C)ccc1C(N)=O. The molecule has 1 aromatic rings. The molecule has 110 valence electrons. The highest BCUT2D eigenvalue weighted by Gasteiger charge is 2.13. The minimum Gasteiger partial charge on any atom is -0.481 e. The van der Waals surface area contributed by atoms with Gasteiger partial charge in [-0.05, 0) is 51.0 Å². The smallest absolute Gasteiger partial charge is 0.303 e. The van der Waals surface area contributed by atoms with E-state index in [9.17, 15) is 9.59 Å². The lowest BCUT2D eigenvalue weighted by Crippen LogP contribution is -2.32. The molecular formula is C15H22N2O3. The third kappa shape index (κ3) is 4.26. The molecule has 0 aliphatic rings. The van der Waals surface area contributed by atoms with Crippen LogP contribution in [0.1, 0.15) is 42.6 Å². The predicted octanol–water partition coefficient (Wildman–Crippen LogP) is 2.17. The number of hydrogen-bond donors (Lipinski definition) is 2. The molecule has 0 aromatic heterocycles. The zero-order valence-electron chi connectivity index (χ0n) is 12.2. The number of benzene rings is 1. The summed E-state index contributed by atoms with van der Waals surface area (Å²) in [5.41, 5.74) is 7.62. The lowest BCUT2D eigenvalue weighted by atomic mass is 10.1. The van der Waals surface area contributed by atoms with Gasteiger partial charge in [-0.15, -0.1) is 0 Å². The number of nitrogens with two attached hydrogens (primary N) is 1. The van der Waals surface area contributed by atoms with E-state index in [0.29, 0.717) is 18.5 Å². The van der Waals surface area contributed by atoms with Crippen molar-refractivity contribution >= 4 is 17.6 Å². The summed E-state index contributed by atoms with van der Waals surface area (Å²) in [5.74, 6) is -1.22. The summed E-state index contributed by atoms with van der Waals surface area (Å²) in [6, 6.07) is 5.75. The number of carbonyl (C=O) groups excluding carboxylic acids is 1. The number of nitrogens with zero attached hydrogens (tertiary/aromatic N) is 1. The number of carbonyl (C=O) groups is 2. The summed E-state index contributed by atoms with van der Waals surface area (Å²) < 4.78 is 0. The Morgan fingerprint density at radius 2 is 2.00 bits per heavy atom. The van der Waals surface area contributed by atoms with Gasteiger partial charge in [-0.3, -0.25) is 9.59 Å². The Balaban J connectivity index is 2.89. The quantitative estimate of drug-likeness (QED) is 0.800. The molecule has 5 nitrogen and oxygen atoms in total. The van der Waals surface area contributed by atoms with Gasteiger partial charge >= 0.3 is 5.97 Å². The van der Waals surface area contributed by atoms with Gasteiger partial charge in [-0.25, -0.2) is 0 Å². The van der Waals surface area contributed by atoms with Gasteiger partial charge in [0.1, 0.15) is 0 Å². The summed E-state index contributed by atoms with van der Waals surface area (Å²) in [5, 5.41) is 8.71. The monoisotopic (exact) mass is 278 g/mol. The average molecular weight is 278 g/mol. The van der Waals surface area contributed by atoms with Gasteiger partial charge < -0.3 is 15.7 Å². The topological polar surface area (TPSA) is 83.6 Å². The molecule has 0 unspecified atom stereocenters. The highest BCUT2D eigenvalue weighted by molar-refractivity contribution is 5.94. The Labute approximate surface area is 119 Å². The number of hydrogen-bond acceptors (Lipinski definition) is 3. The number of carboxylic acid groups (broad SMARTS) is 1. The molecule has 0 heterocycles. The molecule has 0 fully saturated rings. The molecule has 3 N–H and O–H groups in total. The number of rotatable bonds is 7. The second-order valence-corrected chi connectivity index (χ2v) is 5.15. The molecule has 0 atom stereocenters. The molecular weight excluding hydrogens is 256 g/mol. The maximum absolute atomic E-state index is 11.2. The highest BCUT2D eigenvalue weighted by Crippen LogP contribution is 2.21. The lowest BCUT2D eigenvalue weighted by Gasteiger charge is -2.29. The van der Waals surface area contributed by atoms with Gasteiger partial charge in [0.15, 0.2) is 0 Å². The highest BCUT2D eigenvalue weighted by atomic mass is 16.4. The van der Waals surface area contributed by atoms with E-state index in [1.54, 1.807) is 6.07 Å². The number of aryl methyl sites for hydroxylation is 1. The molecule has 1 rings (SSSR count). The van der Waals surface area contributed by atoms with E-state index in [0.717, 1.165) is 11.3 Å². The second-order valence-electron chi connectivity index (χ2n) is 5.15. The van der Waals surface area contributed by atoms with E-state index in [-0.39, 0.29) is 12.5 Å². The van der Waals surface area contributed by atoms with Crippen LogP contribution in [-0.2, 0) is 4.79 Å². The Morgan fingerprint density at radius 3 is 2.45 bits per heavy atom. The molecule has 20 heavy (non-hydrogen) atoms. The van der Waals surface area contributed by atoms with Crippen molar-refractivity contribution in [3.05, 3.63) is 29.3 Å². The van der Waals surface area contributed by atoms with E-state index >= 15 is 0 Å². The van der Waals surface area contributed by atoms with Crippen molar-refractivity contribution in [1.82, 2.24) is 0 Å². The second kappa shape index (κ2) is 6.93. The first kappa shape index (κ1) is 16.0. The zero-order chi connectivity index (χ0) is 15.3. The maximum atomic E-state index is 11.2. The molecule has 0 radical (unpaired) electrons. The molecule has 5 heteroatoms. The number of aliphatic carboxylic acids is 1. The molecule has 0 spiro atoms. The Bertz CT molecular complexity index is 498. The minimum atomic E-state index is -0.783. The van der Waals surface area contributed by atoms with Gasteiger partial charge in [0.05, 0.1) is 0 Å². The zero-order valence-corrected chi connectivity index (χ0v) is 12.2. The van der Waals surface area contributed by atoms with Crippen LogP contribution in [0.5, 0.6) is 0 Å². The van der Waals surface area contributed by atoms with Crippen molar-refractivity contribution < 1.29 is 14.7 Å². The van der Waals surface area contributed by atoms with Crippen molar-refractivity contribution in [2.75, 3.05) is 11.4 Å². The van der Waals surface area contributed by atoms with Crippen LogP contribution in [0.2, 0.25) is 0 Å². The fraction of sp³-hybridized carbons (Fsp3) is 0.467. The van der Waals surface area contributed by atoms with Crippen molar-refractivity contribution in [3.63, 3.8) is 0 Å². The summed E-state index contributed by atoms with van der Waals surface area (Å²) in [7, 11) is 0. The maximum Gasteiger partial charge on any atom is 0.303 e. The summed E-state index contributed by atoms with van der Waals surface area (Å²) in [4.78, 5) is 23.9. The molecule has 1 amide bonds. The molecule has 1 aromatic carbocycles. The van der Waals surface area contributed by atoms with Crippen molar-refractivity contribution in [2.24, 2.45) is 5.73 Å². The number of carboxylic acids is 1. The fourth-order valence-electron chi connectivity index (χ4n) is 2.19. The van der Waals surface area contributed by atoms with Crippen LogP contribution in [0, 0.1) is 6.92 Å². The number of primary amides is 1. The van der Waals surface area contributed by atoms with Crippen LogP contribution < -0.4 is 10.6 Å². The number of anilines is 1. The minimum absolute atomic E-state index is 0.154. The Morgan fingerprint density at radius 1 is 1.35 bits per heavy atom. The first-order valence-corrected chi connectivity index (χ1v) is 6.71.